The minimum absolute atomic E-state index is 0.0701. The summed E-state index contributed by atoms with van der Waals surface area (Å²) in [5.41, 5.74) is 4.75. The van der Waals surface area contributed by atoms with Crippen molar-refractivity contribution in [3.8, 4) is 11.4 Å². The van der Waals surface area contributed by atoms with Crippen molar-refractivity contribution in [3.05, 3.63) is 64.4 Å². The number of nitrogens with one attached hydrogen (secondary N) is 1. The van der Waals surface area contributed by atoms with Crippen LogP contribution in [0.25, 0.3) is 11.4 Å². The number of amides is 1. The van der Waals surface area contributed by atoms with Gasteiger partial charge in [-0.1, -0.05) is 12.1 Å². The van der Waals surface area contributed by atoms with E-state index in [4.69, 9.17) is 10.2 Å². The first-order valence-corrected chi connectivity index (χ1v) is 8.38. The van der Waals surface area contributed by atoms with E-state index in [0.29, 0.717) is 5.56 Å². The molecule has 1 saturated carbocycles. The Hall–Kier alpha value is -2.64. The highest BCUT2D eigenvalue weighted by atomic mass is 32.1. The molecular weight excluding hydrogens is 324 g/mol. The molecule has 120 valence electrons. The van der Waals surface area contributed by atoms with Gasteiger partial charge >= 0.3 is 0 Å². The van der Waals surface area contributed by atoms with E-state index in [0.717, 1.165) is 34.8 Å². The van der Waals surface area contributed by atoms with E-state index in [9.17, 15) is 4.79 Å². The van der Waals surface area contributed by atoms with Crippen LogP contribution in [0.3, 0.4) is 0 Å². The van der Waals surface area contributed by atoms with Crippen molar-refractivity contribution in [2.24, 2.45) is 0 Å². The standard InChI is InChI=1S/C17H14N4O2S/c22-15(21-23)11-1-3-12(4-2-11)17(5-6-17)16-20-14(10-24-16)13-9-18-7-8-19-13/h1-4,7-10,23H,5-6H2,(H,21,22). The number of carbonyl (C=O) groups is 1. The maximum Gasteiger partial charge on any atom is 0.274 e. The van der Waals surface area contributed by atoms with Crippen molar-refractivity contribution < 1.29 is 10.0 Å². The Kier molecular flexibility index (Phi) is 3.59. The summed E-state index contributed by atoms with van der Waals surface area (Å²) in [5.74, 6) is -0.509. The fourth-order valence-electron chi connectivity index (χ4n) is 2.80. The molecule has 0 saturated heterocycles. The average Bonchev–Trinajstić information content (AvgIpc) is 3.31. The number of thiazole rings is 1. The molecule has 4 rings (SSSR count). The van der Waals surface area contributed by atoms with Gasteiger partial charge in [0.25, 0.3) is 5.91 Å². The minimum atomic E-state index is -0.509. The Labute approximate surface area is 142 Å². The van der Waals surface area contributed by atoms with E-state index < -0.39 is 5.91 Å². The normalized spacial score (nSPS) is 15.0. The lowest BCUT2D eigenvalue weighted by Crippen LogP contribution is -2.18. The summed E-state index contributed by atoms with van der Waals surface area (Å²) < 4.78 is 0. The number of carbonyl (C=O) groups excluding carboxylic acids is 1. The SMILES string of the molecule is O=C(NO)c1ccc(C2(c3nc(-c4cnccn4)cs3)CC2)cc1. The fraction of sp³-hybridized carbons (Fsp3) is 0.176. The van der Waals surface area contributed by atoms with Gasteiger partial charge in [0.1, 0.15) is 16.4 Å². The number of rotatable bonds is 4. The lowest BCUT2D eigenvalue weighted by Gasteiger charge is -2.13. The third kappa shape index (κ3) is 2.47. The van der Waals surface area contributed by atoms with E-state index in [-0.39, 0.29) is 5.41 Å². The van der Waals surface area contributed by atoms with Gasteiger partial charge in [-0.05, 0) is 30.5 Å². The molecule has 1 amide bonds. The first-order chi connectivity index (χ1) is 11.7. The second kappa shape index (κ2) is 5.77. The molecule has 0 unspecified atom stereocenters. The largest absolute Gasteiger partial charge is 0.288 e. The van der Waals surface area contributed by atoms with Gasteiger partial charge in [0.05, 0.1) is 6.20 Å². The molecule has 0 spiro atoms. The van der Waals surface area contributed by atoms with Crippen LogP contribution < -0.4 is 5.48 Å². The maximum atomic E-state index is 11.4. The lowest BCUT2D eigenvalue weighted by molar-refractivity contribution is 0.0706. The molecule has 1 fully saturated rings. The first kappa shape index (κ1) is 14.9. The van der Waals surface area contributed by atoms with Gasteiger partial charge in [0.2, 0.25) is 0 Å². The van der Waals surface area contributed by atoms with Crippen LogP contribution in [0.2, 0.25) is 0 Å². The Morgan fingerprint density at radius 3 is 2.58 bits per heavy atom. The zero-order valence-electron chi connectivity index (χ0n) is 12.6. The number of hydroxylamine groups is 1. The van der Waals surface area contributed by atoms with Gasteiger partial charge < -0.3 is 0 Å². The second-order valence-corrected chi connectivity index (χ2v) is 6.59. The van der Waals surface area contributed by atoms with Gasteiger partial charge in [-0.25, -0.2) is 10.5 Å². The molecule has 24 heavy (non-hydrogen) atoms. The molecule has 2 aromatic heterocycles. The van der Waals surface area contributed by atoms with Crippen LogP contribution in [-0.4, -0.2) is 26.1 Å². The highest BCUT2D eigenvalue weighted by Crippen LogP contribution is 2.54. The average molecular weight is 338 g/mol. The van der Waals surface area contributed by atoms with Gasteiger partial charge in [-0.2, -0.15) is 0 Å². The predicted molar refractivity (Wildman–Crippen MR) is 88.8 cm³/mol. The molecule has 1 aromatic carbocycles. The van der Waals surface area contributed by atoms with E-state index in [1.807, 2.05) is 17.5 Å². The van der Waals surface area contributed by atoms with Crippen LogP contribution in [0.15, 0.2) is 48.2 Å². The maximum absolute atomic E-state index is 11.4. The highest BCUT2D eigenvalue weighted by molar-refractivity contribution is 7.10. The number of nitrogens with zero attached hydrogens (tertiary/aromatic N) is 3. The van der Waals surface area contributed by atoms with Crippen LogP contribution in [0, 0.1) is 0 Å². The Balaban J connectivity index is 1.64. The highest BCUT2D eigenvalue weighted by Gasteiger charge is 2.48. The van der Waals surface area contributed by atoms with Crippen LogP contribution in [0.4, 0.5) is 0 Å². The molecule has 2 N–H and O–H groups in total. The molecule has 0 radical (unpaired) electrons. The van der Waals surface area contributed by atoms with Crippen molar-refractivity contribution >= 4 is 17.2 Å². The fourth-order valence-corrected chi connectivity index (χ4v) is 3.89. The van der Waals surface area contributed by atoms with Gasteiger partial charge in [0.15, 0.2) is 0 Å². The minimum Gasteiger partial charge on any atom is -0.288 e. The Morgan fingerprint density at radius 1 is 1.17 bits per heavy atom. The van der Waals surface area contributed by atoms with Crippen molar-refractivity contribution in [1.82, 2.24) is 20.4 Å². The molecule has 2 heterocycles. The summed E-state index contributed by atoms with van der Waals surface area (Å²) in [6.07, 6.45) is 7.08. The predicted octanol–water partition coefficient (Wildman–Crippen LogP) is 2.80. The number of hydrogen-bond donors (Lipinski definition) is 2. The third-order valence-electron chi connectivity index (χ3n) is 4.29. The summed E-state index contributed by atoms with van der Waals surface area (Å²) in [7, 11) is 0. The molecule has 0 bridgehead atoms. The molecule has 3 aromatic rings. The van der Waals surface area contributed by atoms with Crippen molar-refractivity contribution in [3.63, 3.8) is 0 Å². The van der Waals surface area contributed by atoms with Crippen molar-refractivity contribution in [2.45, 2.75) is 18.3 Å². The summed E-state index contributed by atoms with van der Waals surface area (Å²) in [6, 6.07) is 7.30. The molecule has 7 heteroatoms. The van der Waals surface area contributed by atoms with Crippen LogP contribution >= 0.6 is 11.3 Å². The summed E-state index contributed by atoms with van der Waals surface area (Å²) >= 11 is 1.63. The Morgan fingerprint density at radius 2 is 1.96 bits per heavy atom. The molecule has 6 nitrogen and oxygen atoms in total. The Bertz CT molecular complexity index is 873. The summed E-state index contributed by atoms with van der Waals surface area (Å²) in [5, 5.41) is 11.8. The summed E-state index contributed by atoms with van der Waals surface area (Å²) in [4.78, 5) is 24.6. The van der Waals surface area contributed by atoms with Crippen molar-refractivity contribution in [2.75, 3.05) is 0 Å². The summed E-state index contributed by atoms with van der Waals surface area (Å²) in [6.45, 7) is 0. The molecule has 0 atom stereocenters. The van der Waals surface area contributed by atoms with E-state index in [2.05, 4.69) is 9.97 Å². The number of benzene rings is 1. The van der Waals surface area contributed by atoms with Gasteiger partial charge in [-0.3, -0.25) is 20.0 Å². The monoisotopic (exact) mass is 338 g/mol. The van der Waals surface area contributed by atoms with Crippen LogP contribution in [-0.2, 0) is 5.41 Å². The van der Waals surface area contributed by atoms with Gasteiger partial charge in [0, 0.05) is 28.8 Å². The topological polar surface area (TPSA) is 88.0 Å². The van der Waals surface area contributed by atoms with E-state index in [1.165, 1.54) is 0 Å². The van der Waals surface area contributed by atoms with E-state index in [1.54, 1.807) is 47.5 Å². The third-order valence-corrected chi connectivity index (χ3v) is 5.34. The van der Waals surface area contributed by atoms with Gasteiger partial charge in [-0.15, -0.1) is 11.3 Å². The number of aromatic nitrogens is 3. The van der Waals surface area contributed by atoms with Crippen LogP contribution in [0.1, 0.15) is 33.8 Å². The quantitative estimate of drug-likeness (QED) is 0.564. The molecule has 1 aliphatic rings. The van der Waals surface area contributed by atoms with Crippen molar-refractivity contribution in [1.29, 1.82) is 0 Å². The molecule has 1 aliphatic carbocycles. The zero-order valence-corrected chi connectivity index (χ0v) is 13.5. The zero-order chi connectivity index (χ0) is 16.6. The number of hydrogen-bond acceptors (Lipinski definition) is 6. The first-order valence-electron chi connectivity index (χ1n) is 7.50. The smallest absolute Gasteiger partial charge is 0.274 e. The second-order valence-electron chi connectivity index (χ2n) is 5.73. The molecule has 0 aliphatic heterocycles. The van der Waals surface area contributed by atoms with Crippen LogP contribution in [0.5, 0.6) is 0 Å². The molecular formula is C17H14N4O2S. The van der Waals surface area contributed by atoms with E-state index >= 15 is 0 Å². The lowest BCUT2D eigenvalue weighted by atomic mass is 9.95.